The van der Waals surface area contributed by atoms with Crippen molar-refractivity contribution < 1.29 is 5.11 Å². The van der Waals surface area contributed by atoms with E-state index in [2.05, 4.69) is 23.7 Å². The molecule has 1 saturated carbocycles. The summed E-state index contributed by atoms with van der Waals surface area (Å²) < 4.78 is 0. The lowest BCUT2D eigenvalue weighted by atomic mass is 9.68. The van der Waals surface area contributed by atoms with E-state index in [9.17, 15) is 5.11 Å². The summed E-state index contributed by atoms with van der Waals surface area (Å²) in [6.45, 7) is 5.29. The van der Waals surface area contributed by atoms with Crippen LogP contribution in [-0.2, 0) is 5.60 Å². The summed E-state index contributed by atoms with van der Waals surface area (Å²) in [5.41, 5.74) is -0.209. The monoisotopic (exact) mass is 311 g/mol. The van der Waals surface area contributed by atoms with Gasteiger partial charge in [0.1, 0.15) is 0 Å². The van der Waals surface area contributed by atoms with E-state index in [1.165, 1.54) is 32.1 Å². The Balaban J connectivity index is 1.84. The predicted molar refractivity (Wildman–Crippen MR) is 95.0 cm³/mol. The standard InChI is InChI=1S/C21H29NO/c1-20(13-6-7-14-20)21(23,19-11-4-2-5-12-19)15-10-18-22-16-8-3-9-17-22/h2,4-5,11-12,23H,3,6-9,13-14,16-18H2,1H3/t21-/m0/s1. The van der Waals surface area contributed by atoms with E-state index >= 15 is 0 Å². The number of aliphatic hydroxyl groups is 1. The quantitative estimate of drug-likeness (QED) is 0.855. The minimum atomic E-state index is -1.03. The van der Waals surface area contributed by atoms with Crippen LogP contribution in [-0.4, -0.2) is 29.6 Å². The van der Waals surface area contributed by atoms with Gasteiger partial charge in [-0.15, -0.1) is 0 Å². The van der Waals surface area contributed by atoms with Crippen LogP contribution in [0.25, 0.3) is 0 Å². The molecule has 1 aliphatic carbocycles. The molecule has 23 heavy (non-hydrogen) atoms. The second kappa shape index (κ2) is 7.07. The van der Waals surface area contributed by atoms with Crippen LogP contribution in [0.3, 0.4) is 0 Å². The Bertz CT molecular complexity index is 558. The summed E-state index contributed by atoms with van der Waals surface area (Å²) in [6, 6.07) is 10.1. The highest BCUT2D eigenvalue weighted by Crippen LogP contribution is 2.50. The molecule has 1 N–H and O–H groups in total. The first kappa shape index (κ1) is 16.6. The number of benzene rings is 1. The molecule has 1 heterocycles. The summed E-state index contributed by atoms with van der Waals surface area (Å²) in [5, 5.41) is 11.6. The van der Waals surface area contributed by atoms with E-state index in [-0.39, 0.29) is 5.41 Å². The Kier molecular flexibility index (Phi) is 5.09. The first-order chi connectivity index (χ1) is 11.1. The first-order valence-electron chi connectivity index (χ1n) is 9.14. The summed E-state index contributed by atoms with van der Waals surface area (Å²) in [4.78, 5) is 2.42. The van der Waals surface area contributed by atoms with Gasteiger partial charge in [0.05, 0.1) is 6.54 Å². The summed E-state index contributed by atoms with van der Waals surface area (Å²) in [6.07, 6.45) is 8.40. The molecule has 0 bridgehead atoms. The number of hydrogen-bond acceptors (Lipinski definition) is 2. The molecule has 1 atom stereocenters. The Morgan fingerprint density at radius 1 is 1.04 bits per heavy atom. The lowest BCUT2D eigenvalue weighted by Crippen LogP contribution is -2.41. The van der Waals surface area contributed by atoms with Crippen LogP contribution in [0.1, 0.15) is 57.4 Å². The molecule has 0 unspecified atom stereocenters. The minimum absolute atomic E-state index is 0.136. The molecule has 1 aliphatic heterocycles. The Morgan fingerprint density at radius 2 is 1.70 bits per heavy atom. The Hall–Kier alpha value is -1.30. The fourth-order valence-electron chi connectivity index (χ4n) is 4.16. The number of piperidine rings is 1. The van der Waals surface area contributed by atoms with Gasteiger partial charge >= 0.3 is 0 Å². The molecule has 3 rings (SSSR count). The van der Waals surface area contributed by atoms with Crippen LogP contribution in [0.2, 0.25) is 0 Å². The molecule has 2 aliphatic rings. The van der Waals surface area contributed by atoms with E-state index in [1.54, 1.807) is 0 Å². The van der Waals surface area contributed by atoms with Gasteiger partial charge in [0.2, 0.25) is 0 Å². The molecule has 124 valence electrons. The van der Waals surface area contributed by atoms with Crippen molar-refractivity contribution in [1.82, 2.24) is 4.90 Å². The normalized spacial score (nSPS) is 23.7. The first-order valence-corrected chi connectivity index (χ1v) is 9.14. The zero-order valence-electron chi connectivity index (χ0n) is 14.4. The van der Waals surface area contributed by atoms with Gasteiger partial charge in [-0.05, 0) is 44.3 Å². The molecule has 2 nitrogen and oxygen atoms in total. The van der Waals surface area contributed by atoms with Crippen molar-refractivity contribution in [3.8, 4) is 11.8 Å². The Morgan fingerprint density at radius 3 is 2.35 bits per heavy atom. The maximum absolute atomic E-state index is 11.6. The SMILES string of the molecule is CC1([C@](O)(C#CCN2CCCCC2)c2ccccc2)CCCC1. The van der Waals surface area contributed by atoms with Gasteiger partial charge in [-0.1, -0.05) is 68.4 Å². The average Bonchev–Trinajstić information content (AvgIpc) is 3.05. The second-order valence-corrected chi connectivity index (χ2v) is 7.48. The van der Waals surface area contributed by atoms with Gasteiger partial charge in [0.15, 0.2) is 5.60 Å². The lowest BCUT2D eigenvalue weighted by Gasteiger charge is -2.39. The summed E-state index contributed by atoms with van der Waals surface area (Å²) in [5.74, 6) is 6.63. The third kappa shape index (κ3) is 3.47. The van der Waals surface area contributed by atoms with Crippen molar-refractivity contribution in [2.24, 2.45) is 5.41 Å². The van der Waals surface area contributed by atoms with Gasteiger partial charge in [0.25, 0.3) is 0 Å². The third-order valence-corrected chi connectivity index (χ3v) is 5.79. The van der Waals surface area contributed by atoms with E-state index in [0.717, 1.165) is 38.0 Å². The molecule has 0 spiro atoms. The third-order valence-electron chi connectivity index (χ3n) is 5.79. The van der Waals surface area contributed by atoms with Gasteiger partial charge in [-0.3, -0.25) is 4.90 Å². The fourth-order valence-corrected chi connectivity index (χ4v) is 4.16. The molecule has 0 aromatic heterocycles. The van der Waals surface area contributed by atoms with Crippen molar-refractivity contribution >= 4 is 0 Å². The van der Waals surface area contributed by atoms with Crippen LogP contribution in [0, 0.1) is 17.3 Å². The molecule has 1 aromatic carbocycles. The van der Waals surface area contributed by atoms with Crippen LogP contribution < -0.4 is 0 Å². The Labute approximate surface area is 140 Å². The van der Waals surface area contributed by atoms with Gasteiger partial charge in [0, 0.05) is 5.41 Å². The molecule has 1 saturated heterocycles. The van der Waals surface area contributed by atoms with Crippen LogP contribution in [0.15, 0.2) is 30.3 Å². The predicted octanol–water partition coefficient (Wildman–Crippen LogP) is 3.94. The number of likely N-dealkylation sites (tertiary alicyclic amines) is 1. The lowest BCUT2D eigenvalue weighted by molar-refractivity contribution is -0.0278. The van der Waals surface area contributed by atoms with Crippen LogP contribution >= 0.6 is 0 Å². The fraction of sp³-hybridized carbons (Fsp3) is 0.619. The largest absolute Gasteiger partial charge is 0.373 e. The van der Waals surface area contributed by atoms with Gasteiger partial charge in [-0.2, -0.15) is 0 Å². The highest BCUT2D eigenvalue weighted by atomic mass is 16.3. The minimum Gasteiger partial charge on any atom is -0.373 e. The maximum Gasteiger partial charge on any atom is 0.156 e. The van der Waals surface area contributed by atoms with E-state index in [0.29, 0.717) is 0 Å². The summed E-state index contributed by atoms with van der Waals surface area (Å²) in [7, 11) is 0. The van der Waals surface area contributed by atoms with Crippen LogP contribution in [0.5, 0.6) is 0 Å². The second-order valence-electron chi connectivity index (χ2n) is 7.48. The van der Waals surface area contributed by atoms with Crippen molar-refractivity contribution in [1.29, 1.82) is 0 Å². The number of hydrogen-bond donors (Lipinski definition) is 1. The molecule has 1 aromatic rings. The number of rotatable bonds is 3. The highest BCUT2D eigenvalue weighted by molar-refractivity contribution is 5.35. The molecular weight excluding hydrogens is 282 g/mol. The topological polar surface area (TPSA) is 23.5 Å². The highest BCUT2D eigenvalue weighted by Gasteiger charge is 2.48. The smallest absolute Gasteiger partial charge is 0.156 e. The molecule has 0 amide bonds. The van der Waals surface area contributed by atoms with E-state index < -0.39 is 5.60 Å². The van der Waals surface area contributed by atoms with Crippen molar-refractivity contribution in [2.75, 3.05) is 19.6 Å². The van der Waals surface area contributed by atoms with Crippen molar-refractivity contribution in [3.63, 3.8) is 0 Å². The van der Waals surface area contributed by atoms with Crippen LogP contribution in [0.4, 0.5) is 0 Å². The molecular formula is C21H29NO. The van der Waals surface area contributed by atoms with Crippen molar-refractivity contribution in [3.05, 3.63) is 35.9 Å². The van der Waals surface area contributed by atoms with Gasteiger partial charge < -0.3 is 5.11 Å². The average molecular weight is 311 g/mol. The molecule has 2 heteroatoms. The van der Waals surface area contributed by atoms with E-state index in [4.69, 9.17) is 0 Å². The zero-order chi connectivity index (χ0) is 16.2. The van der Waals surface area contributed by atoms with E-state index in [1.807, 2.05) is 30.3 Å². The summed E-state index contributed by atoms with van der Waals surface area (Å²) >= 11 is 0. The molecule has 0 radical (unpaired) electrons. The zero-order valence-corrected chi connectivity index (χ0v) is 14.4. The number of nitrogens with zero attached hydrogens (tertiary/aromatic N) is 1. The van der Waals surface area contributed by atoms with Crippen molar-refractivity contribution in [2.45, 2.75) is 57.5 Å². The molecule has 2 fully saturated rings. The maximum atomic E-state index is 11.6. The van der Waals surface area contributed by atoms with Gasteiger partial charge in [-0.25, -0.2) is 0 Å².